The molecule has 0 aliphatic heterocycles. The van der Waals surface area contributed by atoms with E-state index in [1.165, 1.54) is 0 Å². The summed E-state index contributed by atoms with van der Waals surface area (Å²) in [5.74, 6) is 0. The van der Waals surface area contributed by atoms with Crippen LogP contribution in [0.25, 0.3) is 10.9 Å². The van der Waals surface area contributed by atoms with Crippen molar-refractivity contribution in [2.75, 3.05) is 0 Å². The normalized spacial score (nSPS) is 11.0. The number of nitrogens with zero attached hydrogens (tertiary/aromatic N) is 3. The summed E-state index contributed by atoms with van der Waals surface area (Å²) < 4.78 is 3.91. The zero-order valence-corrected chi connectivity index (χ0v) is 10.8. The molecule has 4 heteroatoms. The monoisotopic (exact) mass is 253 g/mol. The van der Waals surface area contributed by atoms with Crippen molar-refractivity contribution in [1.82, 2.24) is 14.3 Å². The largest absolute Gasteiger partial charge is 0.339 e. The molecule has 0 unspecified atom stereocenters. The number of hydrogen-bond donors (Lipinski definition) is 0. The predicted octanol–water partition coefficient (Wildman–Crippen LogP) is 2.72. The van der Waals surface area contributed by atoms with Crippen LogP contribution in [0.1, 0.15) is 23.1 Å². The summed E-state index contributed by atoms with van der Waals surface area (Å²) >= 11 is 0. The van der Waals surface area contributed by atoms with Crippen molar-refractivity contribution in [3.05, 3.63) is 54.0 Å². The Bertz CT molecular complexity index is 724. The van der Waals surface area contributed by atoms with Gasteiger partial charge in [-0.25, -0.2) is 0 Å². The highest BCUT2D eigenvalue weighted by Crippen LogP contribution is 2.19. The van der Waals surface area contributed by atoms with Gasteiger partial charge in [0.05, 0.1) is 23.4 Å². The van der Waals surface area contributed by atoms with Crippen LogP contribution in [-0.2, 0) is 13.1 Å². The maximum Gasteiger partial charge on any atom is 0.166 e. The molecule has 0 fully saturated rings. The summed E-state index contributed by atoms with van der Waals surface area (Å²) in [5, 5.41) is 5.79. The summed E-state index contributed by atoms with van der Waals surface area (Å²) in [5.41, 5.74) is 2.81. The molecule has 0 saturated heterocycles. The first kappa shape index (κ1) is 11.7. The highest BCUT2D eigenvalue weighted by Gasteiger charge is 2.10. The lowest BCUT2D eigenvalue weighted by atomic mass is 10.2. The fourth-order valence-electron chi connectivity index (χ4n) is 2.39. The highest BCUT2D eigenvalue weighted by atomic mass is 16.1. The molecular formula is C15H15N3O. The maximum atomic E-state index is 11.0. The van der Waals surface area contributed by atoms with Crippen LogP contribution in [0, 0.1) is 0 Å². The third-order valence-electron chi connectivity index (χ3n) is 3.34. The lowest BCUT2D eigenvalue weighted by Crippen LogP contribution is -2.04. The molecule has 2 heterocycles. The fourth-order valence-corrected chi connectivity index (χ4v) is 2.39. The lowest BCUT2D eigenvalue weighted by molar-refractivity contribution is 0.111. The van der Waals surface area contributed by atoms with Gasteiger partial charge in [0.1, 0.15) is 0 Å². The van der Waals surface area contributed by atoms with E-state index in [1.54, 1.807) is 0 Å². The number of para-hydroxylation sites is 1. The number of benzene rings is 1. The van der Waals surface area contributed by atoms with E-state index in [1.807, 2.05) is 39.7 Å². The summed E-state index contributed by atoms with van der Waals surface area (Å²) in [6.07, 6.45) is 2.78. The van der Waals surface area contributed by atoms with Crippen LogP contribution < -0.4 is 0 Å². The van der Waals surface area contributed by atoms with Crippen molar-refractivity contribution in [3.8, 4) is 0 Å². The molecule has 0 radical (unpaired) electrons. The molecule has 3 aromatic rings. The van der Waals surface area contributed by atoms with Crippen LogP contribution in [-0.4, -0.2) is 20.6 Å². The van der Waals surface area contributed by atoms with E-state index < -0.39 is 0 Å². The first-order valence-electron chi connectivity index (χ1n) is 6.38. The second-order valence-electron chi connectivity index (χ2n) is 4.46. The maximum absolute atomic E-state index is 11.0. The van der Waals surface area contributed by atoms with E-state index in [2.05, 4.69) is 24.2 Å². The highest BCUT2D eigenvalue weighted by molar-refractivity contribution is 5.82. The van der Waals surface area contributed by atoms with Gasteiger partial charge in [-0.15, -0.1) is 0 Å². The molecule has 0 saturated carbocycles. The third-order valence-corrected chi connectivity index (χ3v) is 3.34. The quantitative estimate of drug-likeness (QED) is 0.671. The summed E-state index contributed by atoms with van der Waals surface area (Å²) in [6.45, 7) is 3.54. The average Bonchev–Trinajstić information content (AvgIpc) is 3.04. The number of aryl methyl sites for hydroxylation is 1. The van der Waals surface area contributed by atoms with E-state index >= 15 is 0 Å². The molecule has 0 aliphatic rings. The SMILES string of the molecule is CCn1nc(Cn2cccc2C=O)c2ccccc21. The van der Waals surface area contributed by atoms with Crippen molar-refractivity contribution >= 4 is 17.2 Å². The molecule has 3 rings (SSSR count). The molecule has 1 aromatic carbocycles. The van der Waals surface area contributed by atoms with Gasteiger partial charge in [0, 0.05) is 18.1 Å². The Morgan fingerprint density at radius 1 is 1.21 bits per heavy atom. The Morgan fingerprint density at radius 2 is 2.05 bits per heavy atom. The molecule has 4 nitrogen and oxygen atoms in total. The lowest BCUT2D eigenvalue weighted by Gasteiger charge is -2.02. The number of fused-ring (bicyclic) bond motifs is 1. The molecule has 0 N–H and O–H groups in total. The van der Waals surface area contributed by atoms with E-state index in [9.17, 15) is 4.79 Å². The molecular weight excluding hydrogens is 238 g/mol. The summed E-state index contributed by atoms with van der Waals surface area (Å²) in [6, 6.07) is 11.9. The minimum Gasteiger partial charge on any atom is -0.339 e. The van der Waals surface area contributed by atoms with Crippen LogP contribution in [0.3, 0.4) is 0 Å². The van der Waals surface area contributed by atoms with Gasteiger partial charge < -0.3 is 4.57 Å². The van der Waals surface area contributed by atoms with Crippen molar-refractivity contribution in [1.29, 1.82) is 0 Å². The number of aldehydes is 1. The third kappa shape index (κ3) is 1.95. The first-order chi connectivity index (χ1) is 9.33. The Hall–Kier alpha value is -2.36. The standard InChI is InChI=1S/C15H15N3O/c1-2-18-15-8-4-3-7-13(15)14(16-18)10-17-9-5-6-12(17)11-19/h3-9,11H,2,10H2,1H3. The van der Waals surface area contributed by atoms with Crippen molar-refractivity contribution in [3.63, 3.8) is 0 Å². The van der Waals surface area contributed by atoms with E-state index in [4.69, 9.17) is 0 Å². The topological polar surface area (TPSA) is 39.8 Å². The molecule has 96 valence electrons. The Kier molecular flexibility index (Phi) is 2.91. The minimum absolute atomic E-state index is 0.620. The van der Waals surface area contributed by atoms with Gasteiger partial charge in [-0.05, 0) is 25.1 Å². The van der Waals surface area contributed by atoms with Gasteiger partial charge >= 0.3 is 0 Å². The minimum atomic E-state index is 0.620. The Labute approximate surface area is 111 Å². The fraction of sp³-hybridized carbons (Fsp3) is 0.200. The molecule has 19 heavy (non-hydrogen) atoms. The number of rotatable bonds is 4. The smallest absolute Gasteiger partial charge is 0.166 e. The number of carbonyl (C=O) groups is 1. The van der Waals surface area contributed by atoms with Gasteiger partial charge in [-0.1, -0.05) is 18.2 Å². The van der Waals surface area contributed by atoms with Gasteiger partial charge in [-0.3, -0.25) is 9.48 Å². The summed E-state index contributed by atoms with van der Waals surface area (Å²) in [7, 11) is 0. The van der Waals surface area contributed by atoms with Crippen LogP contribution in [0.15, 0.2) is 42.6 Å². The molecule has 0 aliphatic carbocycles. The average molecular weight is 253 g/mol. The Morgan fingerprint density at radius 3 is 2.84 bits per heavy atom. The van der Waals surface area contributed by atoms with Crippen LogP contribution in [0.5, 0.6) is 0 Å². The molecule has 0 atom stereocenters. The molecule has 0 amide bonds. The van der Waals surface area contributed by atoms with E-state index in [-0.39, 0.29) is 0 Å². The number of aromatic nitrogens is 3. The van der Waals surface area contributed by atoms with Crippen molar-refractivity contribution in [2.24, 2.45) is 0 Å². The zero-order chi connectivity index (χ0) is 13.2. The molecule has 0 spiro atoms. The van der Waals surface area contributed by atoms with Gasteiger partial charge in [-0.2, -0.15) is 5.10 Å². The second-order valence-corrected chi connectivity index (χ2v) is 4.46. The van der Waals surface area contributed by atoms with Gasteiger partial charge in [0.2, 0.25) is 0 Å². The van der Waals surface area contributed by atoms with Crippen molar-refractivity contribution < 1.29 is 4.79 Å². The van der Waals surface area contributed by atoms with E-state index in [0.29, 0.717) is 12.2 Å². The molecule has 2 aromatic heterocycles. The predicted molar refractivity (Wildman–Crippen MR) is 74.3 cm³/mol. The number of carbonyl (C=O) groups excluding carboxylic acids is 1. The van der Waals surface area contributed by atoms with Crippen LogP contribution >= 0.6 is 0 Å². The van der Waals surface area contributed by atoms with Gasteiger partial charge in [0.15, 0.2) is 6.29 Å². The second kappa shape index (κ2) is 4.72. The van der Waals surface area contributed by atoms with E-state index in [0.717, 1.165) is 29.4 Å². The van der Waals surface area contributed by atoms with Gasteiger partial charge in [0.25, 0.3) is 0 Å². The molecule has 0 bridgehead atoms. The van der Waals surface area contributed by atoms with Crippen LogP contribution in [0.4, 0.5) is 0 Å². The summed E-state index contributed by atoms with van der Waals surface area (Å²) in [4.78, 5) is 11.0. The zero-order valence-electron chi connectivity index (χ0n) is 10.8. The Balaban J connectivity index is 2.08. The van der Waals surface area contributed by atoms with Crippen LogP contribution in [0.2, 0.25) is 0 Å². The van der Waals surface area contributed by atoms with Crippen molar-refractivity contribution in [2.45, 2.75) is 20.0 Å². The first-order valence-corrected chi connectivity index (χ1v) is 6.38. The number of hydrogen-bond acceptors (Lipinski definition) is 2.